The van der Waals surface area contributed by atoms with Crippen molar-refractivity contribution in [3.05, 3.63) is 34.9 Å². The van der Waals surface area contributed by atoms with Gasteiger partial charge in [-0.1, -0.05) is 23.7 Å². The van der Waals surface area contributed by atoms with Gasteiger partial charge in [0.25, 0.3) is 0 Å². The summed E-state index contributed by atoms with van der Waals surface area (Å²) in [6.45, 7) is 14.9. The maximum absolute atomic E-state index is 12.9. The van der Waals surface area contributed by atoms with Gasteiger partial charge in [0, 0.05) is 5.02 Å². The van der Waals surface area contributed by atoms with E-state index in [0.717, 1.165) is 0 Å². The molecule has 1 heterocycles. The highest BCUT2D eigenvalue weighted by Gasteiger charge is 2.52. The number of carbonyl (C=O) groups excluding carboxylic acids is 3. The first kappa shape index (κ1) is 30.1. The number of carbonyl (C=O) groups is 3. The van der Waals surface area contributed by atoms with Crippen molar-refractivity contribution >= 4 is 29.5 Å². The van der Waals surface area contributed by atoms with Gasteiger partial charge in [-0.05, 0) is 80.0 Å². The Bertz CT molecular complexity index is 954. The molecule has 0 amide bonds. The van der Waals surface area contributed by atoms with Gasteiger partial charge in [0.2, 0.25) is 0 Å². The lowest BCUT2D eigenvalue weighted by atomic mass is 9.89. The molecule has 2 rings (SSSR count). The van der Waals surface area contributed by atoms with Crippen LogP contribution < -0.4 is 0 Å². The van der Waals surface area contributed by atoms with Crippen molar-refractivity contribution in [2.24, 2.45) is 16.2 Å². The van der Waals surface area contributed by atoms with E-state index in [1.54, 1.807) is 86.6 Å². The van der Waals surface area contributed by atoms with E-state index in [-0.39, 0.29) is 6.61 Å². The highest BCUT2D eigenvalue weighted by atomic mass is 35.5. The minimum Gasteiger partial charge on any atom is -0.462 e. The number of hydrogen-bond acceptors (Lipinski definition) is 8. The average Bonchev–Trinajstić information content (AvgIpc) is 2.73. The summed E-state index contributed by atoms with van der Waals surface area (Å²) >= 11 is 6.17. The number of halogens is 1. The van der Waals surface area contributed by atoms with E-state index in [0.29, 0.717) is 10.6 Å². The second kappa shape index (κ2) is 11.1. The minimum atomic E-state index is -1.40. The SMILES string of the molecule is CC(C)(C)C(=O)OC[C@H]1O[C@H](c2cccc(Cl)c2)[C@H](O)[C@@H](OC(=O)C(C)(C)C)[C@@H]1OC(=O)C(C)(C)C. The molecule has 8 nitrogen and oxygen atoms in total. The Hall–Kier alpha value is -2.16. The van der Waals surface area contributed by atoms with Crippen molar-refractivity contribution in [2.75, 3.05) is 6.61 Å². The molecule has 1 aliphatic heterocycles. The van der Waals surface area contributed by atoms with Crippen LogP contribution in [0.2, 0.25) is 5.02 Å². The molecule has 0 spiro atoms. The molecule has 1 aliphatic rings. The summed E-state index contributed by atoms with van der Waals surface area (Å²) < 4.78 is 23.2. The first-order valence-electron chi connectivity index (χ1n) is 12.0. The van der Waals surface area contributed by atoms with Crippen LogP contribution in [0.5, 0.6) is 0 Å². The van der Waals surface area contributed by atoms with Crippen LogP contribution in [0.3, 0.4) is 0 Å². The Morgan fingerprint density at radius 1 is 0.861 bits per heavy atom. The standard InChI is InChI=1S/C27H39ClO8/c1-25(2,3)22(30)33-14-17-20(35-23(31)26(4,5)6)21(36-24(32)27(7,8)9)18(29)19(34-17)15-11-10-12-16(28)13-15/h10-13,17-21,29H,14H2,1-9H3/t17-,18+,19-,20-,21-/m1/s1. The third-order valence-corrected chi connectivity index (χ3v) is 5.77. The number of rotatable bonds is 5. The minimum absolute atomic E-state index is 0.286. The number of aliphatic hydroxyl groups excluding tert-OH is 1. The lowest BCUT2D eigenvalue weighted by molar-refractivity contribution is -0.255. The number of esters is 3. The maximum atomic E-state index is 12.9. The largest absolute Gasteiger partial charge is 0.462 e. The Kier molecular flexibility index (Phi) is 9.25. The zero-order chi connectivity index (χ0) is 27.6. The van der Waals surface area contributed by atoms with E-state index < -0.39 is 64.7 Å². The molecular formula is C27H39ClO8. The monoisotopic (exact) mass is 526 g/mol. The molecule has 1 saturated heterocycles. The van der Waals surface area contributed by atoms with E-state index in [9.17, 15) is 19.5 Å². The summed E-state index contributed by atoms with van der Waals surface area (Å²) in [7, 11) is 0. The number of aliphatic hydroxyl groups is 1. The van der Waals surface area contributed by atoms with Gasteiger partial charge in [-0.2, -0.15) is 0 Å². The Morgan fingerprint density at radius 2 is 1.36 bits per heavy atom. The summed E-state index contributed by atoms with van der Waals surface area (Å²) in [5, 5.41) is 11.8. The summed E-state index contributed by atoms with van der Waals surface area (Å²) in [6, 6.07) is 6.71. The third-order valence-electron chi connectivity index (χ3n) is 5.54. The summed E-state index contributed by atoms with van der Waals surface area (Å²) in [6.07, 6.45) is -5.96. The first-order chi connectivity index (χ1) is 16.3. The van der Waals surface area contributed by atoms with Crippen molar-refractivity contribution in [3.8, 4) is 0 Å². The maximum Gasteiger partial charge on any atom is 0.311 e. The molecule has 0 saturated carbocycles. The molecule has 1 fully saturated rings. The average molecular weight is 527 g/mol. The number of benzene rings is 1. The predicted molar refractivity (Wildman–Crippen MR) is 134 cm³/mol. The van der Waals surface area contributed by atoms with Crippen LogP contribution in [0.15, 0.2) is 24.3 Å². The van der Waals surface area contributed by atoms with Gasteiger partial charge in [-0.15, -0.1) is 0 Å². The molecule has 0 radical (unpaired) electrons. The Balaban J connectivity index is 2.53. The van der Waals surface area contributed by atoms with E-state index in [4.69, 9.17) is 30.5 Å². The van der Waals surface area contributed by atoms with Crippen molar-refractivity contribution in [3.63, 3.8) is 0 Å². The normalized spacial score (nSPS) is 25.1. The van der Waals surface area contributed by atoms with E-state index >= 15 is 0 Å². The van der Waals surface area contributed by atoms with Gasteiger partial charge in [-0.3, -0.25) is 14.4 Å². The third kappa shape index (κ3) is 7.67. The second-order valence-corrected chi connectivity index (χ2v) is 12.7. The van der Waals surface area contributed by atoms with Gasteiger partial charge in [0.1, 0.15) is 24.9 Å². The van der Waals surface area contributed by atoms with E-state index in [1.807, 2.05) is 0 Å². The predicted octanol–water partition coefficient (Wildman–Crippen LogP) is 4.65. The fraction of sp³-hybridized carbons (Fsp3) is 0.667. The van der Waals surface area contributed by atoms with Gasteiger partial charge in [-0.25, -0.2) is 0 Å². The van der Waals surface area contributed by atoms with Crippen LogP contribution in [-0.2, 0) is 33.3 Å². The number of ether oxygens (including phenoxy) is 4. The van der Waals surface area contributed by atoms with Crippen LogP contribution >= 0.6 is 11.6 Å². The molecule has 202 valence electrons. The molecule has 1 aromatic carbocycles. The topological polar surface area (TPSA) is 108 Å². The molecule has 1 aromatic rings. The van der Waals surface area contributed by atoms with Gasteiger partial charge in [0.15, 0.2) is 12.2 Å². The summed E-state index contributed by atoms with van der Waals surface area (Å²) in [5.74, 6) is -1.67. The molecule has 0 bridgehead atoms. The molecule has 5 atom stereocenters. The first-order valence-corrected chi connectivity index (χ1v) is 12.4. The molecule has 9 heteroatoms. The van der Waals surface area contributed by atoms with Crippen molar-refractivity contribution in [1.29, 1.82) is 0 Å². The van der Waals surface area contributed by atoms with Gasteiger partial charge >= 0.3 is 17.9 Å². The van der Waals surface area contributed by atoms with Crippen LogP contribution in [-0.4, -0.2) is 54.0 Å². The quantitative estimate of drug-likeness (QED) is 0.436. The van der Waals surface area contributed by atoms with E-state index in [1.165, 1.54) is 0 Å². The van der Waals surface area contributed by atoms with Crippen LogP contribution in [0.1, 0.15) is 74.0 Å². The second-order valence-electron chi connectivity index (χ2n) is 12.2. The van der Waals surface area contributed by atoms with Gasteiger partial charge < -0.3 is 24.1 Å². The Morgan fingerprint density at radius 3 is 1.83 bits per heavy atom. The van der Waals surface area contributed by atoms with Crippen molar-refractivity contribution < 1.29 is 38.4 Å². The molecule has 0 aromatic heterocycles. The highest BCUT2D eigenvalue weighted by molar-refractivity contribution is 6.30. The smallest absolute Gasteiger partial charge is 0.311 e. The molecular weight excluding hydrogens is 488 g/mol. The van der Waals surface area contributed by atoms with Crippen molar-refractivity contribution in [1.82, 2.24) is 0 Å². The molecule has 0 aliphatic carbocycles. The molecule has 0 unspecified atom stereocenters. The fourth-order valence-electron chi connectivity index (χ4n) is 3.27. The zero-order valence-electron chi connectivity index (χ0n) is 22.6. The Labute approximate surface area is 218 Å². The number of hydrogen-bond donors (Lipinski definition) is 1. The van der Waals surface area contributed by atoms with Gasteiger partial charge in [0.05, 0.1) is 16.2 Å². The molecule has 1 N–H and O–H groups in total. The fourth-order valence-corrected chi connectivity index (χ4v) is 3.47. The highest BCUT2D eigenvalue weighted by Crippen LogP contribution is 2.38. The summed E-state index contributed by atoms with van der Waals surface area (Å²) in [5.41, 5.74) is -2.04. The van der Waals surface area contributed by atoms with Crippen LogP contribution in [0.25, 0.3) is 0 Å². The summed E-state index contributed by atoms with van der Waals surface area (Å²) in [4.78, 5) is 38.3. The lowest BCUT2D eigenvalue weighted by Gasteiger charge is -2.44. The zero-order valence-corrected chi connectivity index (χ0v) is 23.3. The van der Waals surface area contributed by atoms with Crippen LogP contribution in [0, 0.1) is 16.2 Å². The van der Waals surface area contributed by atoms with E-state index in [2.05, 4.69) is 0 Å². The lowest BCUT2D eigenvalue weighted by Crippen LogP contribution is -2.59. The molecule has 36 heavy (non-hydrogen) atoms. The van der Waals surface area contributed by atoms with Crippen molar-refractivity contribution in [2.45, 2.75) is 92.8 Å². The van der Waals surface area contributed by atoms with Crippen LogP contribution in [0.4, 0.5) is 0 Å².